The number of nitrogens with zero attached hydrogens (tertiary/aromatic N) is 3. The average molecular weight is 363 g/mol. The molecule has 1 aromatic heterocycles. The minimum atomic E-state index is -0.165. The number of unbranched alkanes of at least 4 members (excludes halogenated alkanes) is 3. The van der Waals surface area contributed by atoms with Crippen molar-refractivity contribution < 1.29 is 4.74 Å². The van der Waals surface area contributed by atoms with E-state index in [1.165, 1.54) is 23.9 Å². The lowest BCUT2D eigenvalue weighted by atomic mass is 10.2. The molecule has 0 saturated carbocycles. The Morgan fingerprint density at radius 3 is 2.63 bits per heavy atom. The molecule has 0 aliphatic rings. The van der Waals surface area contributed by atoms with Crippen LogP contribution in [0.3, 0.4) is 0 Å². The van der Waals surface area contributed by atoms with Gasteiger partial charge in [0.2, 0.25) is 0 Å². The molecule has 27 heavy (non-hydrogen) atoms. The number of hydrogen-bond acceptors (Lipinski definition) is 4. The van der Waals surface area contributed by atoms with Gasteiger partial charge in [-0.3, -0.25) is 4.79 Å². The van der Waals surface area contributed by atoms with E-state index in [0.717, 1.165) is 24.3 Å². The highest BCUT2D eigenvalue weighted by Gasteiger charge is 2.06. The molecule has 0 saturated heterocycles. The molecule has 1 heterocycles. The third kappa shape index (κ3) is 4.82. The van der Waals surface area contributed by atoms with Crippen LogP contribution in [-0.2, 0) is 0 Å². The summed E-state index contributed by atoms with van der Waals surface area (Å²) in [6.07, 6.45) is 6.42. The van der Waals surface area contributed by atoms with Crippen LogP contribution in [0, 0.1) is 6.92 Å². The smallest absolute Gasteiger partial charge is 0.282 e. The molecule has 3 aromatic rings. The third-order valence-corrected chi connectivity index (χ3v) is 4.38. The van der Waals surface area contributed by atoms with Crippen molar-refractivity contribution in [3.05, 3.63) is 70.3 Å². The summed E-state index contributed by atoms with van der Waals surface area (Å²) in [5.74, 6) is 1.41. The monoisotopic (exact) mass is 363 g/mol. The molecular formula is C22H25N3O2. The van der Waals surface area contributed by atoms with Gasteiger partial charge < -0.3 is 4.74 Å². The Labute approximate surface area is 159 Å². The summed E-state index contributed by atoms with van der Waals surface area (Å²) >= 11 is 0. The van der Waals surface area contributed by atoms with E-state index in [0.29, 0.717) is 16.7 Å². The van der Waals surface area contributed by atoms with E-state index in [4.69, 9.17) is 4.74 Å². The van der Waals surface area contributed by atoms with Crippen molar-refractivity contribution in [2.75, 3.05) is 6.61 Å². The van der Waals surface area contributed by atoms with Gasteiger partial charge in [-0.15, -0.1) is 0 Å². The fraction of sp³-hybridized carbons (Fsp3) is 0.318. The Balaban J connectivity index is 1.69. The number of ether oxygens (including phenoxy) is 1. The van der Waals surface area contributed by atoms with Gasteiger partial charge in [0.15, 0.2) is 0 Å². The maximum Gasteiger partial charge on any atom is 0.282 e. The van der Waals surface area contributed by atoms with Gasteiger partial charge in [-0.25, -0.2) is 4.98 Å². The molecular weight excluding hydrogens is 338 g/mol. The van der Waals surface area contributed by atoms with Crippen LogP contribution in [0.2, 0.25) is 0 Å². The van der Waals surface area contributed by atoms with Crippen molar-refractivity contribution in [3.63, 3.8) is 0 Å². The van der Waals surface area contributed by atoms with Crippen LogP contribution in [0.5, 0.6) is 5.75 Å². The van der Waals surface area contributed by atoms with Crippen molar-refractivity contribution in [2.45, 2.75) is 39.5 Å². The van der Waals surface area contributed by atoms with Crippen LogP contribution < -0.4 is 10.3 Å². The molecule has 0 N–H and O–H groups in total. The molecule has 140 valence electrons. The molecule has 0 radical (unpaired) electrons. The summed E-state index contributed by atoms with van der Waals surface area (Å²) in [6, 6.07) is 15.0. The van der Waals surface area contributed by atoms with E-state index in [2.05, 4.69) is 17.0 Å². The molecule has 0 fully saturated rings. The number of aryl methyl sites for hydroxylation is 1. The second-order valence-corrected chi connectivity index (χ2v) is 6.52. The highest BCUT2D eigenvalue weighted by molar-refractivity contribution is 5.80. The summed E-state index contributed by atoms with van der Waals surface area (Å²) < 4.78 is 7.08. The lowest BCUT2D eigenvalue weighted by Crippen LogP contribution is -2.20. The SMILES string of the molecule is CCCCCCOc1ccc(C=Nn2c(C)nc3ccccc3c2=O)cc1. The fourth-order valence-electron chi connectivity index (χ4n) is 2.86. The first kappa shape index (κ1) is 18.8. The lowest BCUT2D eigenvalue weighted by Gasteiger charge is -2.06. The van der Waals surface area contributed by atoms with E-state index in [9.17, 15) is 4.79 Å². The zero-order valence-corrected chi connectivity index (χ0v) is 15.9. The van der Waals surface area contributed by atoms with Gasteiger partial charge >= 0.3 is 0 Å². The summed E-state index contributed by atoms with van der Waals surface area (Å²) in [6.45, 7) is 4.72. The second-order valence-electron chi connectivity index (χ2n) is 6.52. The van der Waals surface area contributed by atoms with Gasteiger partial charge in [-0.05, 0) is 55.3 Å². The van der Waals surface area contributed by atoms with Crippen LogP contribution in [-0.4, -0.2) is 22.5 Å². The van der Waals surface area contributed by atoms with Crippen LogP contribution in [0.25, 0.3) is 10.9 Å². The number of rotatable bonds is 8. The fourth-order valence-corrected chi connectivity index (χ4v) is 2.86. The predicted molar refractivity (Wildman–Crippen MR) is 110 cm³/mol. The van der Waals surface area contributed by atoms with E-state index in [1.54, 1.807) is 19.2 Å². The van der Waals surface area contributed by atoms with Crippen LogP contribution in [0.1, 0.15) is 44.0 Å². The lowest BCUT2D eigenvalue weighted by molar-refractivity contribution is 0.305. The van der Waals surface area contributed by atoms with Gasteiger partial charge in [-0.2, -0.15) is 9.78 Å². The van der Waals surface area contributed by atoms with Crippen molar-refractivity contribution in [1.29, 1.82) is 0 Å². The van der Waals surface area contributed by atoms with Gasteiger partial charge in [-0.1, -0.05) is 38.3 Å². The summed E-state index contributed by atoms with van der Waals surface area (Å²) in [5, 5.41) is 4.89. The molecule has 0 atom stereocenters. The van der Waals surface area contributed by atoms with E-state index in [1.807, 2.05) is 42.5 Å². The van der Waals surface area contributed by atoms with Crippen molar-refractivity contribution >= 4 is 17.1 Å². The molecule has 0 aliphatic heterocycles. The number of para-hydroxylation sites is 1. The molecule has 0 spiro atoms. The molecule has 5 nitrogen and oxygen atoms in total. The standard InChI is InChI=1S/C22H25N3O2/c1-3-4-5-8-15-27-19-13-11-18(12-14-19)16-23-25-17(2)24-21-10-7-6-9-20(21)22(25)26/h6-7,9-14,16H,3-5,8,15H2,1-2H3. The largest absolute Gasteiger partial charge is 0.494 e. The Bertz CT molecular complexity index is 975. The first-order valence-corrected chi connectivity index (χ1v) is 9.44. The zero-order valence-electron chi connectivity index (χ0n) is 15.9. The molecule has 2 aromatic carbocycles. The molecule has 0 amide bonds. The first-order valence-electron chi connectivity index (χ1n) is 9.44. The Kier molecular flexibility index (Phi) is 6.36. The van der Waals surface area contributed by atoms with Crippen LogP contribution >= 0.6 is 0 Å². The minimum Gasteiger partial charge on any atom is -0.494 e. The molecule has 5 heteroatoms. The summed E-state index contributed by atoms with van der Waals surface area (Å²) in [7, 11) is 0. The Hall–Kier alpha value is -2.95. The molecule has 0 aliphatic carbocycles. The highest BCUT2D eigenvalue weighted by atomic mass is 16.5. The number of hydrogen-bond donors (Lipinski definition) is 0. The Morgan fingerprint density at radius 1 is 1.07 bits per heavy atom. The highest BCUT2D eigenvalue weighted by Crippen LogP contribution is 2.12. The molecule has 3 rings (SSSR count). The first-order chi connectivity index (χ1) is 13.2. The van der Waals surface area contributed by atoms with Crippen LogP contribution in [0.4, 0.5) is 0 Å². The quantitative estimate of drug-likeness (QED) is 0.436. The normalized spacial score (nSPS) is 11.3. The maximum atomic E-state index is 12.6. The Morgan fingerprint density at radius 2 is 1.85 bits per heavy atom. The maximum absolute atomic E-state index is 12.6. The van der Waals surface area contributed by atoms with Gasteiger partial charge in [0.1, 0.15) is 11.6 Å². The number of aromatic nitrogens is 2. The van der Waals surface area contributed by atoms with Crippen molar-refractivity contribution in [1.82, 2.24) is 9.66 Å². The van der Waals surface area contributed by atoms with Gasteiger partial charge in [0, 0.05) is 0 Å². The van der Waals surface area contributed by atoms with E-state index in [-0.39, 0.29) is 5.56 Å². The van der Waals surface area contributed by atoms with Crippen molar-refractivity contribution in [2.24, 2.45) is 5.10 Å². The number of fused-ring (bicyclic) bond motifs is 1. The summed E-state index contributed by atoms with van der Waals surface area (Å²) in [5.41, 5.74) is 1.42. The zero-order chi connectivity index (χ0) is 19.1. The van der Waals surface area contributed by atoms with Gasteiger partial charge in [0.25, 0.3) is 5.56 Å². The topological polar surface area (TPSA) is 56.5 Å². The number of benzene rings is 2. The van der Waals surface area contributed by atoms with E-state index < -0.39 is 0 Å². The van der Waals surface area contributed by atoms with Crippen molar-refractivity contribution in [3.8, 4) is 5.75 Å². The van der Waals surface area contributed by atoms with E-state index >= 15 is 0 Å². The van der Waals surface area contributed by atoms with Gasteiger partial charge in [0.05, 0.1) is 23.7 Å². The third-order valence-electron chi connectivity index (χ3n) is 4.38. The average Bonchev–Trinajstić information content (AvgIpc) is 2.69. The molecule has 0 unspecified atom stereocenters. The van der Waals surface area contributed by atoms with Crippen LogP contribution in [0.15, 0.2) is 58.4 Å². The summed E-state index contributed by atoms with van der Waals surface area (Å²) in [4.78, 5) is 17.1. The second kappa shape index (κ2) is 9.12. The molecule has 0 bridgehead atoms. The minimum absolute atomic E-state index is 0.165. The predicted octanol–water partition coefficient (Wildman–Crippen LogP) is 4.55.